The van der Waals surface area contributed by atoms with Crippen LogP contribution in [0.3, 0.4) is 0 Å². The van der Waals surface area contributed by atoms with Gasteiger partial charge < -0.3 is 20.3 Å². The van der Waals surface area contributed by atoms with Crippen LogP contribution in [0.1, 0.15) is 18.4 Å². The molecule has 0 radical (unpaired) electrons. The minimum Gasteiger partial charge on any atom is -0.379 e. The van der Waals surface area contributed by atoms with Gasteiger partial charge in [0.2, 0.25) is 0 Å². The van der Waals surface area contributed by atoms with Crippen molar-refractivity contribution in [3.05, 3.63) is 23.8 Å². The van der Waals surface area contributed by atoms with Gasteiger partial charge in [-0.15, -0.1) is 0 Å². The van der Waals surface area contributed by atoms with Gasteiger partial charge in [-0.05, 0) is 44.0 Å². The van der Waals surface area contributed by atoms with Gasteiger partial charge in [-0.25, -0.2) is 0 Å². The van der Waals surface area contributed by atoms with Crippen molar-refractivity contribution in [1.29, 1.82) is 0 Å². The van der Waals surface area contributed by atoms with Gasteiger partial charge in [0, 0.05) is 25.7 Å². The normalized spacial score (nSPS) is 23.6. The molecule has 1 aromatic rings. The number of morpholine rings is 1. The van der Waals surface area contributed by atoms with Gasteiger partial charge in [-0.3, -0.25) is 0 Å². The maximum Gasteiger partial charge on any atom is 0.0642 e. The van der Waals surface area contributed by atoms with Crippen LogP contribution in [0.5, 0.6) is 0 Å². The highest BCUT2D eigenvalue weighted by Crippen LogP contribution is 2.29. The lowest BCUT2D eigenvalue weighted by Gasteiger charge is -2.33. The third kappa shape index (κ3) is 3.25. The molecule has 2 aliphatic rings. The van der Waals surface area contributed by atoms with Crippen molar-refractivity contribution in [2.75, 3.05) is 49.6 Å². The first kappa shape index (κ1) is 13.7. The summed E-state index contributed by atoms with van der Waals surface area (Å²) < 4.78 is 5.47. The Hall–Kier alpha value is -1.26. The molecule has 2 aliphatic heterocycles. The lowest BCUT2D eigenvalue weighted by molar-refractivity contribution is 0.123. The van der Waals surface area contributed by atoms with Gasteiger partial charge in [-0.2, -0.15) is 0 Å². The molecule has 0 spiro atoms. The number of benzene rings is 1. The fourth-order valence-electron chi connectivity index (χ4n) is 3.02. The maximum absolute atomic E-state index is 5.47. The number of anilines is 2. The summed E-state index contributed by atoms with van der Waals surface area (Å²) >= 11 is 0. The summed E-state index contributed by atoms with van der Waals surface area (Å²) in [5.41, 5.74) is 3.92. The summed E-state index contributed by atoms with van der Waals surface area (Å²) in [7, 11) is 0. The van der Waals surface area contributed by atoms with Gasteiger partial charge in [-0.1, -0.05) is 6.07 Å². The molecular weight excluding hydrogens is 250 g/mol. The smallest absolute Gasteiger partial charge is 0.0642 e. The lowest BCUT2D eigenvalue weighted by atomic mass is 10.1. The highest BCUT2D eigenvalue weighted by atomic mass is 16.5. The summed E-state index contributed by atoms with van der Waals surface area (Å²) in [6.07, 6.45) is 2.51. The zero-order valence-electron chi connectivity index (χ0n) is 12.3. The predicted octanol–water partition coefficient (Wildman–Crippen LogP) is 2.00. The molecular formula is C16H25N3O. The van der Waals surface area contributed by atoms with Crippen molar-refractivity contribution in [3.8, 4) is 0 Å². The van der Waals surface area contributed by atoms with E-state index in [2.05, 4.69) is 40.7 Å². The SMILES string of the molecule is Cc1ccc(N[C@@H]2CCCNC2)c(N2CCOCC2)c1. The van der Waals surface area contributed by atoms with Crippen molar-refractivity contribution in [3.63, 3.8) is 0 Å². The monoisotopic (exact) mass is 275 g/mol. The van der Waals surface area contributed by atoms with Crippen LogP contribution in [0.2, 0.25) is 0 Å². The number of ether oxygens (including phenoxy) is 1. The molecule has 110 valence electrons. The Kier molecular flexibility index (Phi) is 4.43. The van der Waals surface area contributed by atoms with E-state index in [0.717, 1.165) is 39.4 Å². The number of rotatable bonds is 3. The second-order valence-corrected chi connectivity index (χ2v) is 5.81. The molecule has 1 atom stereocenters. The molecule has 1 aromatic carbocycles. The minimum atomic E-state index is 0.547. The lowest BCUT2D eigenvalue weighted by Crippen LogP contribution is -2.40. The second-order valence-electron chi connectivity index (χ2n) is 5.81. The first-order valence-corrected chi connectivity index (χ1v) is 7.73. The summed E-state index contributed by atoms with van der Waals surface area (Å²) in [4.78, 5) is 2.44. The number of hydrogen-bond acceptors (Lipinski definition) is 4. The van der Waals surface area contributed by atoms with Crippen LogP contribution in [-0.4, -0.2) is 45.4 Å². The maximum atomic E-state index is 5.47. The van der Waals surface area contributed by atoms with Gasteiger partial charge >= 0.3 is 0 Å². The van der Waals surface area contributed by atoms with E-state index >= 15 is 0 Å². The van der Waals surface area contributed by atoms with Crippen LogP contribution in [-0.2, 0) is 4.74 Å². The molecule has 0 bridgehead atoms. The number of hydrogen-bond donors (Lipinski definition) is 2. The molecule has 2 saturated heterocycles. The second kappa shape index (κ2) is 6.46. The van der Waals surface area contributed by atoms with Crippen molar-refractivity contribution < 1.29 is 4.74 Å². The Morgan fingerprint density at radius 2 is 2.15 bits per heavy atom. The van der Waals surface area contributed by atoms with Crippen LogP contribution >= 0.6 is 0 Å². The van der Waals surface area contributed by atoms with Crippen LogP contribution in [0.15, 0.2) is 18.2 Å². The van der Waals surface area contributed by atoms with E-state index in [1.807, 2.05) is 0 Å². The van der Waals surface area contributed by atoms with Gasteiger partial charge in [0.1, 0.15) is 0 Å². The Morgan fingerprint density at radius 3 is 2.90 bits per heavy atom. The van der Waals surface area contributed by atoms with Crippen LogP contribution in [0, 0.1) is 6.92 Å². The number of aryl methyl sites for hydroxylation is 1. The zero-order valence-corrected chi connectivity index (χ0v) is 12.3. The summed E-state index contributed by atoms with van der Waals surface area (Å²) in [5.74, 6) is 0. The largest absolute Gasteiger partial charge is 0.379 e. The zero-order chi connectivity index (χ0) is 13.8. The number of piperidine rings is 1. The highest BCUT2D eigenvalue weighted by molar-refractivity contribution is 5.71. The van der Waals surface area contributed by atoms with Gasteiger partial charge in [0.25, 0.3) is 0 Å². The molecule has 4 heteroatoms. The highest BCUT2D eigenvalue weighted by Gasteiger charge is 2.18. The molecule has 0 aliphatic carbocycles. The van der Waals surface area contributed by atoms with E-state index in [9.17, 15) is 0 Å². The fraction of sp³-hybridized carbons (Fsp3) is 0.625. The Bertz CT molecular complexity index is 437. The molecule has 2 fully saturated rings. The predicted molar refractivity (Wildman–Crippen MR) is 83.7 cm³/mol. The van der Waals surface area contributed by atoms with Crippen molar-refractivity contribution >= 4 is 11.4 Å². The van der Waals surface area contributed by atoms with Gasteiger partial charge in [0.15, 0.2) is 0 Å². The van der Waals surface area contributed by atoms with E-state index in [0.29, 0.717) is 6.04 Å². The Morgan fingerprint density at radius 1 is 1.30 bits per heavy atom. The average Bonchev–Trinajstić information content (AvgIpc) is 2.51. The van der Waals surface area contributed by atoms with E-state index in [1.165, 1.54) is 29.8 Å². The summed E-state index contributed by atoms with van der Waals surface area (Å²) in [5, 5.41) is 7.20. The topological polar surface area (TPSA) is 36.5 Å². The number of nitrogens with one attached hydrogen (secondary N) is 2. The molecule has 20 heavy (non-hydrogen) atoms. The minimum absolute atomic E-state index is 0.547. The molecule has 4 nitrogen and oxygen atoms in total. The van der Waals surface area contributed by atoms with Crippen LogP contribution < -0.4 is 15.5 Å². The molecule has 3 rings (SSSR count). The molecule has 0 aromatic heterocycles. The van der Waals surface area contributed by atoms with Gasteiger partial charge in [0.05, 0.1) is 24.6 Å². The third-order valence-electron chi connectivity index (χ3n) is 4.16. The third-order valence-corrected chi connectivity index (χ3v) is 4.16. The summed E-state index contributed by atoms with van der Waals surface area (Å²) in [6.45, 7) is 8.02. The summed E-state index contributed by atoms with van der Waals surface area (Å²) in [6, 6.07) is 7.27. The average molecular weight is 275 g/mol. The number of nitrogens with zero attached hydrogens (tertiary/aromatic N) is 1. The van der Waals surface area contributed by atoms with Crippen LogP contribution in [0.25, 0.3) is 0 Å². The van der Waals surface area contributed by atoms with Crippen molar-refractivity contribution in [2.24, 2.45) is 0 Å². The van der Waals surface area contributed by atoms with E-state index < -0.39 is 0 Å². The van der Waals surface area contributed by atoms with Crippen molar-refractivity contribution in [2.45, 2.75) is 25.8 Å². The standard InChI is InChI=1S/C16H25N3O/c1-13-4-5-15(18-14-3-2-6-17-12-14)16(11-13)19-7-9-20-10-8-19/h4-5,11,14,17-18H,2-3,6-10,12H2,1H3/t14-/m1/s1. The van der Waals surface area contributed by atoms with Crippen molar-refractivity contribution in [1.82, 2.24) is 5.32 Å². The molecule has 0 saturated carbocycles. The van der Waals surface area contributed by atoms with E-state index in [1.54, 1.807) is 0 Å². The first-order valence-electron chi connectivity index (χ1n) is 7.73. The molecule has 2 heterocycles. The Labute approximate surface area is 121 Å². The first-order chi connectivity index (χ1) is 9.83. The molecule has 0 unspecified atom stereocenters. The molecule has 0 amide bonds. The Balaban J connectivity index is 1.77. The van der Waals surface area contributed by atoms with E-state index in [-0.39, 0.29) is 0 Å². The van der Waals surface area contributed by atoms with Crippen LogP contribution in [0.4, 0.5) is 11.4 Å². The molecule has 2 N–H and O–H groups in total. The fourth-order valence-corrected chi connectivity index (χ4v) is 3.02. The van der Waals surface area contributed by atoms with E-state index in [4.69, 9.17) is 4.74 Å². The quantitative estimate of drug-likeness (QED) is 0.884.